The zero-order valence-corrected chi connectivity index (χ0v) is 12.7. The second-order valence-electron chi connectivity index (χ2n) is 5.20. The molecule has 1 aliphatic carbocycles. The lowest BCUT2D eigenvalue weighted by atomic mass is 9.87. The molecule has 2 nitrogen and oxygen atoms in total. The lowest BCUT2D eigenvalue weighted by Gasteiger charge is -2.26. The molecule has 1 saturated carbocycles. The Kier molecular flexibility index (Phi) is 5.07. The van der Waals surface area contributed by atoms with E-state index in [2.05, 4.69) is 21.2 Å². The highest BCUT2D eigenvalue weighted by Crippen LogP contribution is 2.37. The highest BCUT2D eigenvalue weighted by Gasteiger charge is 2.32. The Morgan fingerprint density at radius 3 is 2.67 bits per heavy atom. The van der Waals surface area contributed by atoms with Gasteiger partial charge in [0.2, 0.25) is 0 Å². The van der Waals surface area contributed by atoms with Crippen LogP contribution < -0.4 is 5.32 Å². The molecule has 0 unspecified atom stereocenters. The first-order chi connectivity index (χ1) is 8.65. The first-order valence-electron chi connectivity index (χ1n) is 6.41. The second-order valence-corrected chi connectivity index (χ2v) is 6.50. The summed E-state index contributed by atoms with van der Waals surface area (Å²) in [7, 11) is 0. The summed E-state index contributed by atoms with van der Waals surface area (Å²) in [6.45, 7) is 1.99. The van der Waals surface area contributed by atoms with Crippen molar-refractivity contribution in [2.45, 2.75) is 32.2 Å². The molecule has 2 N–H and O–H groups in total. The zero-order chi connectivity index (χ0) is 13.0. The van der Waals surface area contributed by atoms with Crippen LogP contribution in [-0.2, 0) is 6.54 Å². The summed E-state index contributed by atoms with van der Waals surface area (Å²) in [6.07, 6.45) is 4.76. The summed E-state index contributed by atoms with van der Waals surface area (Å²) in [6, 6.07) is 5.84. The number of aliphatic hydroxyl groups excluding tert-OH is 1. The van der Waals surface area contributed by atoms with Crippen LogP contribution in [0.15, 0.2) is 22.7 Å². The maximum atomic E-state index is 9.54. The van der Waals surface area contributed by atoms with Crippen molar-refractivity contribution in [3.05, 3.63) is 33.3 Å². The van der Waals surface area contributed by atoms with Crippen LogP contribution in [0.2, 0.25) is 5.02 Å². The molecule has 0 bridgehead atoms. The molecule has 1 aromatic carbocycles. The van der Waals surface area contributed by atoms with Crippen LogP contribution in [-0.4, -0.2) is 18.3 Å². The molecule has 2 rings (SSSR count). The van der Waals surface area contributed by atoms with E-state index in [9.17, 15) is 5.11 Å². The number of hydrogen-bond acceptors (Lipinski definition) is 2. The monoisotopic (exact) mass is 331 g/mol. The largest absolute Gasteiger partial charge is 0.396 e. The Morgan fingerprint density at radius 1 is 1.33 bits per heavy atom. The number of rotatable bonds is 5. The van der Waals surface area contributed by atoms with E-state index in [4.69, 9.17) is 11.6 Å². The van der Waals surface area contributed by atoms with Gasteiger partial charge in [-0.3, -0.25) is 0 Å². The molecule has 100 valence electrons. The molecular formula is C14H19BrClNO. The number of benzene rings is 1. The third-order valence-corrected chi connectivity index (χ3v) is 4.80. The van der Waals surface area contributed by atoms with Crippen LogP contribution in [0.25, 0.3) is 0 Å². The SMILES string of the molecule is OCC1(CNCc2ccc(Cl)cc2Br)CCCC1. The van der Waals surface area contributed by atoms with Gasteiger partial charge in [-0.05, 0) is 30.5 Å². The van der Waals surface area contributed by atoms with E-state index in [1.165, 1.54) is 18.4 Å². The van der Waals surface area contributed by atoms with Crippen molar-refractivity contribution < 1.29 is 5.11 Å². The fourth-order valence-corrected chi connectivity index (χ4v) is 3.47. The van der Waals surface area contributed by atoms with Crippen LogP contribution in [0.1, 0.15) is 31.2 Å². The van der Waals surface area contributed by atoms with Gasteiger partial charge in [0, 0.05) is 34.6 Å². The molecular weight excluding hydrogens is 314 g/mol. The van der Waals surface area contributed by atoms with Gasteiger partial charge in [0.1, 0.15) is 0 Å². The molecule has 0 aliphatic heterocycles. The molecule has 0 saturated heterocycles. The first-order valence-corrected chi connectivity index (χ1v) is 7.58. The molecule has 0 amide bonds. The van der Waals surface area contributed by atoms with Crippen molar-refractivity contribution in [3.63, 3.8) is 0 Å². The summed E-state index contributed by atoms with van der Waals surface area (Å²) in [5.41, 5.74) is 1.31. The van der Waals surface area contributed by atoms with Crippen molar-refractivity contribution in [2.75, 3.05) is 13.2 Å². The Hall–Kier alpha value is -0.0900. The van der Waals surface area contributed by atoms with Gasteiger partial charge in [0.15, 0.2) is 0 Å². The van der Waals surface area contributed by atoms with Crippen molar-refractivity contribution in [1.82, 2.24) is 5.32 Å². The predicted molar refractivity (Wildman–Crippen MR) is 78.8 cm³/mol. The van der Waals surface area contributed by atoms with Crippen LogP contribution in [0.5, 0.6) is 0 Å². The Bertz CT molecular complexity index is 405. The highest BCUT2D eigenvalue weighted by molar-refractivity contribution is 9.10. The second kappa shape index (κ2) is 6.38. The quantitative estimate of drug-likeness (QED) is 0.861. The number of hydrogen-bond donors (Lipinski definition) is 2. The number of nitrogens with one attached hydrogen (secondary N) is 1. The van der Waals surface area contributed by atoms with Crippen molar-refractivity contribution in [2.24, 2.45) is 5.41 Å². The minimum atomic E-state index is 0.110. The van der Waals surface area contributed by atoms with E-state index in [0.29, 0.717) is 6.61 Å². The van der Waals surface area contributed by atoms with Gasteiger partial charge in [-0.25, -0.2) is 0 Å². The van der Waals surface area contributed by atoms with E-state index >= 15 is 0 Å². The first kappa shape index (κ1) is 14.3. The van der Waals surface area contributed by atoms with E-state index < -0.39 is 0 Å². The fraction of sp³-hybridized carbons (Fsp3) is 0.571. The number of halogens is 2. The van der Waals surface area contributed by atoms with Gasteiger partial charge >= 0.3 is 0 Å². The van der Waals surface area contributed by atoms with Gasteiger partial charge in [0.25, 0.3) is 0 Å². The average molecular weight is 333 g/mol. The summed E-state index contributed by atoms with van der Waals surface area (Å²) in [4.78, 5) is 0. The fourth-order valence-electron chi connectivity index (χ4n) is 2.64. The molecule has 18 heavy (non-hydrogen) atoms. The van der Waals surface area contributed by atoms with E-state index in [-0.39, 0.29) is 5.41 Å². The van der Waals surface area contributed by atoms with Crippen molar-refractivity contribution in [3.8, 4) is 0 Å². The van der Waals surface area contributed by atoms with Gasteiger partial charge < -0.3 is 10.4 Å². The minimum absolute atomic E-state index is 0.110. The molecule has 0 radical (unpaired) electrons. The molecule has 0 atom stereocenters. The molecule has 0 spiro atoms. The Balaban J connectivity index is 1.88. The van der Waals surface area contributed by atoms with E-state index in [1.807, 2.05) is 18.2 Å². The van der Waals surface area contributed by atoms with Gasteiger partial charge in [0.05, 0.1) is 0 Å². The molecule has 1 fully saturated rings. The zero-order valence-electron chi connectivity index (χ0n) is 10.4. The van der Waals surface area contributed by atoms with Crippen LogP contribution in [0.4, 0.5) is 0 Å². The van der Waals surface area contributed by atoms with Crippen molar-refractivity contribution >= 4 is 27.5 Å². The van der Waals surface area contributed by atoms with E-state index in [1.54, 1.807) is 0 Å². The standard InChI is InChI=1S/C14H19BrClNO/c15-13-7-12(16)4-3-11(13)8-17-9-14(10-18)5-1-2-6-14/h3-4,7,17-18H,1-2,5-6,8-10H2. The lowest BCUT2D eigenvalue weighted by Crippen LogP contribution is -2.34. The van der Waals surface area contributed by atoms with Gasteiger partial charge in [-0.2, -0.15) is 0 Å². The molecule has 1 aromatic rings. The molecule has 0 aromatic heterocycles. The summed E-state index contributed by atoms with van der Waals surface area (Å²) >= 11 is 9.43. The lowest BCUT2D eigenvalue weighted by molar-refractivity contribution is 0.128. The summed E-state index contributed by atoms with van der Waals surface area (Å²) < 4.78 is 1.03. The van der Waals surface area contributed by atoms with E-state index in [0.717, 1.165) is 35.4 Å². The topological polar surface area (TPSA) is 32.3 Å². The maximum Gasteiger partial charge on any atom is 0.0499 e. The Labute approximate surface area is 122 Å². The molecule has 4 heteroatoms. The van der Waals surface area contributed by atoms with Crippen LogP contribution in [0, 0.1) is 5.41 Å². The number of aliphatic hydroxyl groups is 1. The van der Waals surface area contributed by atoms with Gasteiger partial charge in [-0.15, -0.1) is 0 Å². The van der Waals surface area contributed by atoms with Crippen LogP contribution in [0.3, 0.4) is 0 Å². The maximum absolute atomic E-state index is 9.54. The Morgan fingerprint density at radius 2 is 2.06 bits per heavy atom. The average Bonchev–Trinajstić information content (AvgIpc) is 2.81. The summed E-state index contributed by atoms with van der Waals surface area (Å²) in [5, 5.41) is 13.7. The highest BCUT2D eigenvalue weighted by atomic mass is 79.9. The van der Waals surface area contributed by atoms with Crippen molar-refractivity contribution in [1.29, 1.82) is 0 Å². The molecule has 0 heterocycles. The normalized spacial score (nSPS) is 18.2. The minimum Gasteiger partial charge on any atom is -0.396 e. The third-order valence-electron chi connectivity index (χ3n) is 3.83. The third kappa shape index (κ3) is 3.47. The summed E-state index contributed by atoms with van der Waals surface area (Å²) in [5.74, 6) is 0. The molecule has 1 aliphatic rings. The predicted octanol–water partition coefficient (Wildman–Crippen LogP) is 3.74. The van der Waals surface area contributed by atoms with Crippen LogP contribution >= 0.6 is 27.5 Å². The smallest absolute Gasteiger partial charge is 0.0499 e. The van der Waals surface area contributed by atoms with Gasteiger partial charge in [-0.1, -0.05) is 46.4 Å².